The van der Waals surface area contributed by atoms with E-state index in [2.05, 4.69) is 16.9 Å². The average molecular weight is 263 g/mol. The Morgan fingerprint density at radius 2 is 2.26 bits per heavy atom. The first-order valence-electron chi connectivity index (χ1n) is 5.82. The summed E-state index contributed by atoms with van der Waals surface area (Å²) >= 11 is 0. The molecule has 0 spiro atoms. The molecule has 1 aromatic rings. The number of aromatic nitrogens is 1. The highest BCUT2D eigenvalue weighted by Crippen LogP contribution is 2.10. The fourth-order valence-electron chi connectivity index (χ4n) is 1.39. The first kappa shape index (κ1) is 14.7. The number of nitrogens with zero attached hydrogens (tertiary/aromatic N) is 2. The Balaban J connectivity index is 2.62. The van der Waals surface area contributed by atoms with E-state index in [0.29, 0.717) is 24.5 Å². The Hall–Kier alpha value is -2.37. The lowest BCUT2D eigenvalue weighted by molar-refractivity contribution is -0.136. The van der Waals surface area contributed by atoms with Crippen LogP contribution in [-0.4, -0.2) is 42.1 Å². The van der Waals surface area contributed by atoms with Crippen LogP contribution in [0.25, 0.3) is 0 Å². The van der Waals surface area contributed by atoms with Crippen LogP contribution < -0.4 is 10.2 Å². The SMILES string of the molecule is C=CCNC(=O)c1ccc(N(C)CCC(=O)O)nc1. The third-order valence-corrected chi connectivity index (χ3v) is 2.47. The molecule has 6 heteroatoms. The van der Waals surface area contributed by atoms with E-state index in [9.17, 15) is 9.59 Å². The van der Waals surface area contributed by atoms with Gasteiger partial charge in [0, 0.05) is 26.3 Å². The summed E-state index contributed by atoms with van der Waals surface area (Å²) in [6.07, 6.45) is 3.10. The van der Waals surface area contributed by atoms with Gasteiger partial charge in [-0.2, -0.15) is 0 Å². The number of carboxylic acid groups (broad SMARTS) is 1. The maximum Gasteiger partial charge on any atom is 0.305 e. The van der Waals surface area contributed by atoms with Crippen molar-refractivity contribution in [2.24, 2.45) is 0 Å². The van der Waals surface area contributed by atoms with Gasteiger partial charge in [0.05, 0.1) is 12.0 Å². The third kappa shape index (κ3) is 4.79. The number of nitrogens with one attached hydrogen (secondary N) is 1. The third-order valence-electron chi connectivity index (χ3n) is 2.47. The minimum atomic E-state index is -0.854. The molecule has 0 atom stereocenters. The molecule has 1 aromatic heterocycles. The largest absolute Gasteiger partial charge is 0.481 e. The van der Waals surface area contributed by atoms with E-state index in [4.69, 9.17) is 5.11 Å². The molecule has 0 aliphatic rings. The molecule has 0 radical (unpaired) electrons. The van der Waals surface area contributed by atoms with Gasteiger partial charge in [-0.15, -0.1) is 6.58 Å². The fraction of sp³-hybridized carbons (Fsp3) is 0.308. The van der Waals surface area contributed by atoms with Gasteiger partial charge in [-0.05, 0) is 12.1 Å². The van der Waals surface area contributed by atoms with Crippen LogP contribution in [0, 0.1) is 0 Å². The molecule has 2 N–H and O–H groups in total. The molecule has 19 heavy (non-hydrogen) atoms. The zero-order valence-corrected chi connectivity index (χ0v) is 10.8. The number of amides is 1. The number of hydrogen-bond donors (Lipinski definition) is 2. The maximum absolute atomic E-state index is 11.6. The van der Waals surface area contributed by atoms with Crippen LogP contribution in [0.3, 0.4) is 0 Å². The Kier molecular flexibility index (Phi) is 5.53. The van der Waals surface area contributed by atoms with E-state index in [1.807, 2.05) is 0 Å². The van der Waals surface area contributed by atoms with Gasteiger partial charge in [0.25, 0.3) is 5.91 Å². The summed E-state index contributed by atoms with van der Waals surface area (Å²) in [7, 11) is 1.75. The molecule has 0 saturated heterocycles. The highest BCUT2D eigenvalue weighted by atomic mass is 16.4. The number of aliphatic carboxylic acids is 1. The minimum absolute atomic E-state index is 0.0414. The summed E-state index contributed by atoms with van der Waals surface area (Å²) in [6, 6.07) is 3.34. The second-order valence-corrected chi connectivity index (χ2v) is 3.97. The van der Waals surface area contributed by atoms with Gasteiger partial charge in [-0.3, -0.25) is 9.59 Å². The fourth-order valence-corrected chi connectivity index (χ4v) is 1.39. The number of carboxylic acids is 1. The van der Waals surface area contributed by atoms with Crippen molar-refractivity contribution in [2.75, 3.05) is 25.0 Å². The standard InChI is InChI=1S/C13H17N3O3/c1-3-7-14-13(19)10-4-5-11(15-9-10)16(2)8-6-12(17)18/h3-5,9H,1,6-8H2,2H3,(H,14,19)(H,17,18). The average Bonchev–Trinajstić information content (AvgIpc) is 2.42. The maximum atomic E-state index is 11.6. The monoisotopic (exact) mass is 263 g/mol. The van der Waals surface area contributed by atoms with Crippen LogP contribution in [-0.2, 0) is 4.79 Å². The van der Waals surface area contributed by atoms with Crippen LogP contribution in [0.4, 0.5) is 5.82 Å². The summed E-state index contributed by atoms with van der Waals surface area (Å²) in [5, 5.41) is 11.2. The lowest BCUT2D eigenvalue weighted by atomic mass is 10.2. The molecular formula is C13H17N3O3. The van der Waals surface area contributed by atoms with Gasteiger partial charge >= 0.3 is 5.97 Å². The molecule has 0 aliphatic carbocycles. The van der Waals surface area contributed by atoms with E-state index in [1.54, 1.807) is 30.2 Å². The zero-order valence-electron chi connectivity index (χ0n) is 10.8. The number of rotatable bonds is 7. The van der Waals surface area contributed by atoms with Gasteiger partial charge in [0.2, 0.25) is 0 Å². The van der Waals surface area contributed by atoms with Crippen molar-refractivity contribution in [1.82, 2.24) is 10.3 Å². The van der Waals surface area contributed by atoms with Crippen molar-refractivity contribution >= 4 is 17.7 Å². The molecule has 1 heterocycles. The Morgan fingerprint density at radius 1 is 1.53 bits per heavy atom. The van der Waals surface area contributed by atoms with Crippen molar-refractivity contribution in [3.63, 3.8) is 0 Å². The summed E-state index contributed by atoms with van der Waals surface area (Å²) in [4.78, 5) is 27.9. The first-order chi connectivity index (χ1) is 9.04. The van der Waals surface area contributed by atoms with Crippen LogP contribution in [0.15, 0.2) is 31.0 Å². The lowest BCUT2D eigenvalue weighted by Crippen LogP contribution is -2.24. The van der Waals surface area contributed by atoms with E-state index in [0.717, 1.165) is 0 Å². The first-order valence-corrected chi connectivity index (χ1v) is 5.82. The second-order valence-electron chi connectivity index (χ2n) is 3.97. The quantitative estimate of drug-likeness (QED) is 0.714. The number of anilines is 1. The molecule has 0 aliphatic heterocycles. The zero-order chi connectivity index (χ0) is 14.3. The Labute approximate surface area is 111 Å². The van der Waals surface area contributed by atoms with Gasteiger partial charge in [0.1, 0.15) is 5.82 Å². The molecular weight excluding hydrogens is 246 g/mol. The molecule has 0 fully saturated rings. The number of hydrogen-bond acceptors (Lipinski definition) is 4. The van der Waals surface area contributed by atoms with E-state index >= 15 is 0 Å². The normalized spacial score (nSPS) is 9.74. The van der Waals surface area contributed by atoms with Crippen molar-refractivity contribution in [1.29, 1.82) is 0 Å². The predicted octanol–water partition coefficient (Wildman–Crippen LogP) is 0.908. The van der Waals surface area contributed by atoms with Crippen molar-refractivity contribution < 1.29 is 14.7 Å². The summed E-state index contributed by atoms with van der Waals surface area (Å²) in [5.41, 5.74) is 0.456. The van der Waals surface area contributed by atoms with Gasteiger partial charge in [0.15, 0.2) is 0 Å². The topological polar surface area (TPSA) is 82.5 Å². The van der Waals surface area contributed by atoms with Crippen LogP contribution in [0.2, 0.25) is 0 Å². The van der Waals surface area contributed by atoms with Crippen molar-refractivity contribution in [3.05, 3.63) is 36.5 Å². The Bertz CT molecular complexity index is 457. The van der Waals surface area contributed by atoms with E-state index < -0.39 is 5.97 Å². The lowest BCUT2D eigenvalue weighted by Gasteiger charge is -2.16. The molecule has 1 amide bonds. The van der Waals surface area contributed by atoms with Crippen molar-refractivity contribution in [2.45, 2.75) is 6.42 Å². The molecule has 102 valence electrons. The second kappa shape index (κ2) is 7.15. The van der Waals surface area contributed by atoms with Gasteiger partial charge in [-0.25, -0.2) is 4.98 Å². The Morgan fingerprint density at radius 3 is 2.79 bits per heavy atom. The smallest absolute Gasteiger partial charge is 0.305 e. The summed E-state index contributed by atoms with van der Waals surface area (Å²) < 4.78 is 0. The molecule has 0 bridgehead atoms. The van der Waals surface area contributed by atoms with E-state index in [-0.39, 0.29) is 12.3 Å². The van der Waals surface area contributed by atoms with Gasteiger partial charge < -0.3 is 15.3 Å². The minimum Gasteiger partial charge on any atom is -0.481 e. The van der Waals surface area contributed by atoms with Crippen molar-refractivity contribution in [3.8, 4) is 0 Å². The number of carbonyl (C=O) groups excluding carboxylic acids is 1. The summed E-state index contributed by atoms with van der Waals surface area (Å²) in [5.74, 6) is -0.444. The van der Waals surface area contributed by atoms with E-state index in [1.165, 1.54) is 6.20 Å². The van der Waals surface area contributed by atoms with Gasteiger partial charge in [-0.1, -0.05) is 6.08 Å². The highest BCUT2D eigenvalue weighted by Gasteiger charge is 2.08. The molecule has 0 aromatic carbocycles. The predicted molar refractivity (Wildman–Crippen MR) is 72.3 cm³/mol. The number of carbonyl (C=O) groups is 2. The van der Waals surface area contributed by atoms with Crippen LogP contribution in [0.5, 0.6) is 0 Å². The van der Waals surface area contributed by atoms with Crippen LogP contribution >= 0.6 is 0 Å². The summed E-state index contributed by atoms with van der Waals surface area (Å²) in [6.45, 7) is 4.28. The highest BCUT2D eigenvalue weighted by molar-refractivity contribution is 5.94. The number of pyridine rings is 1. The van der Waals surface area contributed by atoms with Crippen LogP contribution in [0.1, 0.15) is 16.8 Å². The molecule has 1 rings (SSSR count). The molecule has 0 saturated carbocycles. The molecule has 0 unspecified atom stereocenters. The molecule has 6 nitrogen and oxygen atoms in total.